The first-order valence-corrected chi connectivity index (χ1v) is 5.12. The monoisotopic (exact) mass is 209 g/mol. The first-order chi connectivity index (χ1) is 7.18. The van der Waals surface area contributed by atoms with Crippen LogP contribution >= 0.6 is 0 Å². The highest BCUT2D eigenvalue weighted by atomic mass is 16.5. The third-order valence-corrected chi connectivity index (χ3v) is 2.77. The minimum absolute atomic E-state index is 0.278. The molecular formula is C11H15NO3. The summed E-state index contributed by atoms with van der Waals surface area (Å²) in [6.07, 6.45) is 0. The fourth-order valence-electron chi connectivity index (χ4n) is 1.79. The zero-order chi connectivity index (χ0) is 10.8. The van der Waals surface area contributed by atoms with E-state index >= 15 is 0 Å². The number of morpholine rings is 1. The molecular weight excluding hydrogens is 194 g/mol. The van der Waals surface area contributed by atoms with E-state index in [9.17, 15) is 4.79 Å². The average molecular weight is 209 g/mol. The predicted octanol–water partition coefficient (Wildman–Crippen LogP) is 1.09. The molecule has 0 N–H and O–H groups in total. The first-order valence-electron chi connectivity index (χ1n) is 5.12. The van der Waals surface area contributed by atoms with Crippen molar-refractivity contribution < 1.29 is 9.15 Å². The maximum atomic E-state index is 11.3. The Morgan fingerprint density at radius 2 is 1.93 bits per heavy atom. The molecule has 4 heteroatoms. The van der Waals surface area contributed by atoms with Gasteiger partial charge in [0.2, 0.25) is 0 Å². The molecule has 0 amide bonds. The summed E-state index contributed by atoms with van der Waals surface area (Å²) in [5.41, 5.74) is 1.74. The van der Waals surface area contributed by atoms with E-state index in [1.54, 1.807) is 6.07 Å². The van der Waals surface area contributed by atoms with Crippen LogP contribution in [0, 0.1) is 13.8 Å². The Hall–Kier alpha value is -1.29. The summed E-state index contributed by atoms with van der Waals surface area (Å²) in [5, 5.41) is 0. The smallest absolute Gasteiger partial charge is 0.337 e. The number of aryl methyl sites for hydroxylation is 1. The van der Waals surface area contributed by atoms with Crippen LogP contribution in [0.25, 0.3) is 0 Å². The fourth-order valence-corrected chi connectivity index (χ4v) is 1.79. The minimum Gasteiger partial charge on any atom is -0.428 e. The van der Waals surface area contributed by atoms with Gasteiger partial charge in [0.15, 0.2) is 0 Å². The summed E-state index contributed by atoms with van der Waals surface area (Å²) in [6, 6.07) is 1.56. The van der Waals surface area contributed by atoms with Crippen LogP contribution in [0.15, 0.2) is 15.3 Å². The van der Waals surface area contributed by atoms with Gasteiger partial charge in [0.1, 0.15) is 5.76 Å². The zero-order valence-corrected chi connectivity index (χ0v) is 9.08. The van der Waals surface area contributed by atoms with Crippen LogP contribution in [-0.4, -0.2) is 26.3 Å². The van der Waals surface area contributed by atoms with Crippen LogP contribution in [0.2, 0.25) is 0 Å². The first kappa shape index (κ1) is 10.2. The molecule has 1 aliphatic heterocycles. The van der Waals surface area contributed by atoms with Gasteiger partial charge in [0.25, 0.3) is 0 Å². The lowest BCUT2D eigenvalue weighted by Crippen LogP contribution is -2.37. The molecule has 0 atom stereocenters. The van der Waals surface area contributed by atoms with E-state index in [2.05, 4.69) is 4.90 Å². The molecule has 15 heavy (non-hydrogen) atoms. The molecule has 2 rings (SSSR count). The third kappa shape index (κ3) is 2.04. The maximum absolute atomic E-state index is 11.3. The molecule has 1 saturated heterocycles. The van der Waals surface area contributed by atoms with E-state index in [0.29, 0.717) is 5.76 Å². The predicted molar refractivity (Wildman–Crippen MR) is 57.5 cm³/mol. The van der Waals surface area contributed by atoms with Crippen molar-refractivity contribution in [1.82, 2.24) is 0 Å². The molecule has 2 heterocycles. The van der Waals surface area contributed by atoms with E-state index in [1.165, 1.54) is 0 Å². The van der Waals surface area contributed by atoms with Crippen molar-refractivity contribution in [1.29, 1.82) is 0 Å². The summed E-state index contributed by atoms with van der Waals surface area (Å²) >= 11 is 0. The lowest BCUT2D eigenvalue weighted by molar-refractivity contribution is 0.122. The van der Waals surface area contributed by atoms with E-state index in [0.717, 1.165) is 37.6 Å². The Kier molecular flexibility index (Phi) is 2.77. The van der Waals surface area contributed by atoms with Gasteiger partial charge in [-0.05, 0) is 13.8 Å². The summed E-state index contributed by atoms with van der Waals surface area (Å²) in [4.78, 5) is 13.5. The van der Waals surface area contributed by atoms with Crippen molar-refractivity contribution in [2.45, 2.75) is 13.8 Å². The third-order valence-electron chi connectivity index (χ3n) is 2.77. The molecule has 82 valence electrons. The number of nitrogens with zero attached hydrogens (tertiary/aromatic N) is 1. The minimum atomic E-state index is -0.278. The Morgan fingerprint density at radius 3 is 2.60 bits per heavy atom. The highest BCUT2D eigenvalue weighted by molar-refractivity contribution is 5.53. The summed E-state index contributed by atoms with van der Waals surface area (Å²) in [5.74, 6) is 0.698. The molecule has 0 saturated carbocycles. The lowest BCUT2D eigenvalue weighted by Gasteiger charge is -2.29. The van der Waals surface area contributed by atoms with Crippen molar-refractivity contribution in [3.8, 4) is 0 Å². The molecule has 4 nitrogen and oxygen atoms in total. The molecule has 1 aromatic heterocycles. The molecule has 1 aliphatic rings. The van der Waals surface area contributed by atoms with E-state index in [-0.39, 0.29) is 5.63 Å². The van der Waals surface area contributed by atoms with Crippen LogP contribution in [0.1, 0.15) is 11.3 Å². The summed E-state index contributed by atoms with van der Waals surface area (Å²) in [6.45, 7) is 6.91. The lowest BCUT2D eigenvalue weighted by atomic mass is 10.2. The Morgan fingerprint density at radius 1 is 1.27 bits per heavy atom. The van der Waals surface area contributed by atoms with Gasteiger partial charge in [-0.15, -0.1) is 0 Å². The van der Waals surface area contributed by atoms with E-state index in [1.807, 2.05) is 13.8 Å². The second-order valence-electron chi connectivity index (χ2n) is 3.73. The Labute approximate surface area is 88.5 Å². The molecule has 0 aromatic carbocycles. The maximum Gasteiger partial charge on any atom is 0.337 e. The van der Waals surface area contributed by atoms with E-state index in [4.69, 9.17) is 9.15 Å². The number of anilines is 1. The average Bonchev–Trinajstić information content (AvgIpc) is 2.24. The van der Waals surface area contributed by atoms with Crippen LogP contribution < -0.4 is 10.5 Å². The molecule has 0 radical (unpaired) electrons. The van der Waals surface area contributed by atoms with Gasteiger partial charge in [-0.25, -0.2) is 4.79 Å². The zero-order valence-electron chi connectivity index (χ0n) is 9.08. The van der Waals surface area contributed by atoms with Gasteiger partial charge in [-0.3, -0.25) is 0 Å². The topological polar surface area (TPSA) is 42.7 Å². The normalized spacial score (nSPS) is 16.8. The van der Waals surface area contributed by atoms with Crippen molar-refractivity contribution in [3.63, 3.8) is 0 Å². The molecule has 0 spiro atoms. The summed E-state index contributed by atoms with van der Waals surface area (Å²) in [7, 11) is 0. The largest absolute Gasteiger partial charge is 0.428 e. The van der Waals surface area contributed by atoms with Crippen molar-refractivity contribution in [2.75, 3.05) is 31.2 Å². The molecule has 0 unspecified atom stereocenters. The SMILES string of the molecule is Cc1oc(=O)cc(N2CCOCC2)c1C. The van der Waals surface area contributed by atoms with E-state index < -0.39 is 0 Å². The van der Waals surface area contributed by atoms with Gasteiger partial charge in [0.05, 0.1) is 18.9 Å². The van der Waals surface area contributed by atoms with Crippen molar-refractivity contribution >= 4 is 5.69 Å². The number of hydrogen-bond acceptors (Lipinski definition) is 4. The van der Waals surface area contributed by atoms with Crippen molar-refractivity contribution in [3.05, 3.63) is 27.8 Å². The number of ether oxygens (including phenoxy) is 1. The molecule has 0 aliphatic carbocycles. The standard InChI is InChI=1S/C11H15NO3/c1-8-9(2)15-11(13)7-10(8)12-3-5-14-6-4-12/h7H,3-6H2,1-2H3. The van der Waals surface area contributed by atoms with Crippen LogP contribution in [0.3, 0.4) is 0 Å². The highest BCUT2D eigenvalue weighted by Crippen LogP contribution is 2.21. The second kappa shape index (κ2) is 4.06. The van der Waals surface area contributed by atoms with Gasteiger partial charge < -0.3 is 14.1 Å². The van der Waals surface area contributed by atoms with Gasteiger partial charge in [-0.1, -0.05) is 0 Å². The molecule has 1 fully saturated rings. The van der Waals surface area contributed by atoms with Gasteiger partial charge in [-0.2, -0.15) is 0 Å². The van der Waals surface area contributed by atoms with Gasteiger partial charge >= 0.3 is 5.63 Å². The Balaban J connectivity index is 2.37. The fraction of sp³-hybridized carbons (Fsp3) is 0.545. The Bertz CT molecular complexity index is 405. The second-order valence-corrected chi connectivity index (χ2v) is 3.73. The molecule has 0 bridgehead atoms. The summed E-state index contributed by atoms with van der Waals surface area (Å²) < 4.78 is 10.3. The van der Waals surface area contributed by atoms with Crippen LogP contribution in [-0.2, 0) is 4.74 Å². The van der Waals surface area contributed by atoms with Crippen molar-refractivity contribution in [2.24, 2.45) is 0 Å². The highest BCUT2D eigenvalue weighted by Gasteiger charge is 2.15. The van der Waals surface area contributed by atoms with Gasteiger partial charge in [0, 0.05) is 24.7 Å². The quantitative estimate of drug-likeness (QED) is 0.694. The number of rotatable bonds is 1. The molecule has 1 aromatic rings. The van der Waals surface area contributed by atoms with Crippen LogP contribution in [0.4, 0.5) is 5.69 Å². The van der Waals surface area contributed by atoms with Crippen LogP contribution in [0.5, 0.6) is 0 Å². The number of hydrogen-bond donors (Lipinski definition) is 0.